The highest BCUT2D eigenvalue weighted by Crippen LogP contribution is 2.28. The molecule has 0 radical (unpaired) electrons. The normalized spacial score (nSPS) is 13.6. The van der Waals surface area contributed by atoms with Gasteiger partial charge in [-0.05, 0) is 35.4 Å². The van der Waals surface area contributed by atoms with Crippen LogP contribution in [-0.4, -0.2) is 18.9 Å². The van der Waals surface area contributed by atoms with Crippen molar-refractivity contribution in [1.82, 2.24) is 5.32 Å². The van der Waals surface area contributed by atoms with Crippen molar-refractivity contribution in [2.75, 3.05) is 13.1 Å². The van der Waals surface area contributed by atoms with Crippen molar-refractivity contribution in [2.24, 2.45) is 4.99 Å². The summed E-state index contributed by atoms with van der Waals surface area (Å²) in [6.45, 7) is 1.64. The average molecular weight is 317 g/mol. The molecule has 1 aliphatic rings. The molecule has 3 nitrogen and oxygen atoms in total. The Balaban J connectivity index is 0.00000144. The molecule has 2 aromatic carbocycles. The van der Waals surface area contributed by atoms with Crippen LogP contribution in [-0.2, 0) is 0 Å². The summed E-state index contributed by atoms with van der Waals surface area (Å²) in [5.41, 5.74) is 2.02. The zero-order valence-electron chi connectivity index (χ0n) is 11.7. The van der Waals surface area contributed by atoms with Crippen molar-refractivity contribution < 1.29 is 8.81 Å². The van der Waals surface area contributed by atoms with E-state index in [9.17, 15) is 4.39 Å². The first-order valence-corrected chi connectivity index (χ1v) is 6.87. The zero-order valence-corrected chi connectivity index (χ0v) is 12.5. The van der Waals surface area contributed by atoms with E-state index in [0.717, 1.165) is 46.6 Å². The molecule has 0 unspecified atom stereocenters. The number of nitrogens with zero attached hydrogens (tertiary/aromatic N) is 1. The number of amidine groups is 1. The number of hydrogen-bond donors (Lipinski definition) is 1. The predicted molar refractivity (Wildman–Crippen MR) is 88.3 cm³/mol. The van der Waals surface area contributed by atoms with Crippen LogP contribution in [0.3, 0.4) is 0 Å². The Kier molecular flexibility index (Phi) is 3.86. The van der Waals surface area contributed by atoms with Gasteiger partial charge in [0, 0.05) is 17.3 Å². The van der Waals surface area contributed by atoms with Gasteiger partial charge in [-0.25, -0.2) is 4.39 Å². The van der Waals surface area contributed by atoms with Crippen LogP contribution >= 0.6 is 12.4 Å². The highest BCUT2D eigenvalue weighted by Gasteiger charge is 2.15. The number of rotatable bonds is 2. The van der Waals surface area contributed by atoms with E-state index < -0.39 is 0 Å². The number of hydrogen-bond acceptors (Lipinski definition) is 3. The van der Waals surface area contributed by atoms with E-state index in [4.69, 9.17) is 4.42 Å². The molecular weight excluding hydrogens is 303 g/mol. The second-order valence-corrected chi connectivity index (χ2v) is 5.03. The second-order valence-electron chi connectivity index (χ2n) is 5.03. The molecule has 2 heterocycles. The van der Waals surface area contributed by atoms with Crippen LogP contribution in [0, 0.1) is 5.82 Å². The van der Waals surface area contributed by atoms with Gasteiger partial charge in [-0.1, -0.05) is 18.2 Å². The Morgan fingerprint density at radius 1 is 1.05 bits per heavy atom. The number of benzene rings is 2. The number of furan rings is 1. The smallest absolute Gasteiger partial charge is 0.176 e. The molecule has 0 fully saturated rings. The lowest BCUT2D eigenvalue weighted by molar-refractivity contribution is 0.560. The van der Waals surface area contributed by atoms with Gasteiger partial charge in [0.2, 0.25) is 0 Å². The summed E-state index contributed by atoms with van der Waals surface area (Å²) in [6, 6.07) is 12.6. The maximum absolute atomic E-state index is 13.0. The number of aliphatic imine (C=N–C) groups is 1. The van der Waals surface area contributed by atoms with Crippen molar-refractivity contribution in [3.8, 4) is 11.1 Å². The maximum atomic E-state index is 13.0. The van der Waals surface area contributed by atoms with E-state index in [1.54, 1.807) is 18.4 Å². The molecule has 0 amide bonds. The van der Waals surface area contributed by atoms with E-state index in [-0.39, 0.29) is 18.2 Å². The fourth-order valence-corrected chi connectivity index (χ4v) is 2.61. The molecule has 0 aliphatic carbocycles. The van der Waals surface area contributed by atoms with Gasteiger partial charge >= 0.3 is 0 Å². The lowest BCUT2D eigenvalue weighted by Crippen LogP contribution is -2.18. The SMILES string of the molecule is Cl.Fc1ccc(-c2ccc3c(C4=NCCN4)occ3c2)cc1. The van der Waals surface area contributed by atoms with Crippen LogP contribution in [0.4, 0.5) is 4.39 Å². The Morgan fingerprint density at radius 3 is 2.55 bits per heavy atom. The molecule has 1 aromatic heterocycles. The Labute approximate surface area is 133 Å². The number of nitrogens with one attached hydrogen (secondary N) is 1. The van der Waals surface area contributed by atoms with Crippen LogP contribution in [0.2, 0.25) is 0 Å². The molecule has 0 atom stereocenters. The fraction of sp³-hybridized carbons (Fsp3) is 0.118. The average Bonchev–Trinajstić information content (AvgIpc) is 3.16. The lowest BCUT2D eigenvalue weighted by Gasteiger charge is -2.02. The Bertz CT molecular complexity index is 839. The Morgan fingerprint density at radius 2 is 1.82 bits per heavy atom. The maximum Gasteiger partial charge on any atom is 0.176 e. The van der Waals surface area contributed by atoms with Crippen LogP contribution in [0.5, 0.6) is 0 Å². The molecular formula is C17H14ClFN2O. The minimum absolute atomic E-state index is 0. The van der Waals surface area contributed by atoms with Crippen LogP contribution in [0.25, 0.3) is 21.9 Å². The van der Waals surface area contributed by atoms with Crippen LogP contribution < -0.4 is 5.32 Å². The number of halogens is 2. The fourth-order valence-electron chi connectivity index (χ4n) is 2.61. The van der Waals surface area contributed by atoms with Crippen LogP contribution in [0.1, 0.15) is 5.76 Å². The second kappa shape index (κ2) is 5.81. The molecule has 0 spiro atoms. The summed E-state index contributed by atoms with van der Waals surface area (Å²) in [5, 5.41) is 5.27. The minimum atomic E-state index is -0.226. The largest absolute Gasteiger partial charge is 0.460 e. The van der Waals surface area contributed by atoms with Crippen molar-refractivity contribution in [3.63, 3.8) is 0 Å². The van der Waals surface area contributed by atoms with Crippen molar-refractivity contribution >= 4 is 29.0 Å². The van der Waals surface area contributed by atoms with Crippen LogP contribution in [0.15, 0.2) is 58.1 Å². The van der Waals surface area contributed by atoms with Gasteiger partial charge in [-0.3, -0.25) is 4.99 Å². The van der Waals surface area contributed by atoms with Gasteiger partial charge in [0.1, 0.15) is 5.82 Å². The summed E-state index contributed by atoms with van der Waals surface area (Å²) in [7, 11) is 0. The molecule has 22 heavy (non-hydrogen) atoms. The quantitative estimate of drug-likeness (QED) is 0.775. The molecule has 0 saturated heterocycles. The highest BCUT2D eigenvalue weighted by atomic mass is 35.5. The summed E-state index contributed by atoms with van der Waals surface area (Å²) >= 11 is 0. The summed E-state index contributed by atoms with van der Waals surface area (Å²) in [4.78, 5) is 4.39. The molecule has 112 valence electrons. The molecule has 3 aromatic rings. The van der Waals surface area contributed by atoms with E-state index in [2.05, 4.69) is 10.3 Å². The first-order chi connectivity index (χ1) is 10.3. The number of fused-ring (bicyclic) bond motifs is 1. The Hall–Kier alpha value is -2.33. The predicted octanol–water partition coefficient (Wildman–Crippen LogP) is 4.01. The molecule has 1 N–H and O–H groups in total. The monoisotopic (exact) mass is 316 g/mol. The third-order valence-corrected chi connectivity index (χ3v) is 3.67. The van der Waals surface area contributed by atoms with E-state index in [0.29, 0.717) is 0 Å². The minimum Gasteiger partial charge on any atom is -0.460 e. The molecule has 0 saturated carbocycles. The zero-order chi connectivity index (χ0) is 14.2. The third kappa shape index (κ3) is 2.46. The summed E-state index contributed by atoms with van der Waals surface area (Å²) in [5.74, 6) is 1.38. The first kappa shape index (κ1) is 14.6. The molecule has 1 aliphatic heterocycles. The van der Waals surface area contributed by atoms with Gasteiger partial charge in [0.15, 0.2) is 11.6 Å². The van der Waals surface area contributed by atoms with Crippen molar-refractivity contribution in [1.29, 1.82) is 0 Å². The summed E-state index contributed by atoms with van der Waals surface area (Å²) in [6.07, 6.45) is 1.74. The summed E-state index contributed by atoms with van der Waals surface area (Å²) < 4.78 is 18.7. The molecule has 5 heteroatoms. The van der Waals surface area contributed by atoms with Gasteiger partial charge in [0.05, 0.1) is 12.8 Å². The van der Waals surface area contributed by atoms with E-state index in [1.807, 2.05) is 18.2 Å². The topological polar surface area (TPSA) is 37.5 Å². The van der Waals surface area contributed by atoms with E-state index in [1.165, 1.54) is 12.1 Å². The van der Waals surface area contributed by atoms with Crippen molar-refractivity contribution in [2.45, 2.75) is 0 Å². The first-order valence-electron chi connectivity index (χ1n) is 6.87. The molecule has 0 bridgehead atoms. The van der Waals surface area contributed by atoms with E-state index >= 15 is 0 Å². The van der Waals surface area contributed by atoms with Gasteiger partial charge in [0.25, 0.3) is 0 Å². The highest BCUT2D eigenvalue weighted by molar-refractivity contribution is 6.08. The molecule has 4 rings (SSSR count). The van der Waals surface area contributed by atoms with Gasteiger partial charge < -0.3 is 9.73 Å². The standard InChI is InChI=1S/C17H13FN2O.ClH/c18-14-4-1-11(2-5-14)12-3-6-15-13(9-12)10-21-16(15)17-19-7-8-20-17;/h1-6,9-10H,7-8H2,(H,19,20);1H. The lowest BCUT2D eigenvalue weighted by atomic mass is 10.0. The van der Waals surface area contributed by atoms with Crippen molar-refractivity contribution in [3.05, 3.63) is 60.3 Å². The third-order valence-electron chi connectivity index (χ3n) is 3.67. The van der Waals surface area contributed by atoms with Gasteiger partial charge in [-0.2, -0.15) is 0 Å². The van der Waals surface area contributed by atoms with Gasteiger partial charge in [-0.15, -0.1) is 12.4 Å².